The number of halogens is 2. The van der Waals surface area contributed by atoms with Crippen LogP contribution >= 0.6 is 22.7 Å². The predicted molar refractivity (Wildman–Crippen MR) is 121 cm³/mol. The maximum absolute atomic E-state index is 14.6. The number of nitrogens with zero attached hydrogens (tertiary/aromatic N) is 2. The van der Waals surface area contributed by atoms with Gasteiger partial charge in [0.1, 0.15) is 15.8 Å². The number of hydrogen-bond acceptors (Lipinski definition) is 7. The lowest BCUT2D eigenvalue weighted by atomic mass is 10.2. The number of aliphatic hydroxyl groups excluding tert-OH is 2. The standard InChI is InChI=1S/C22H18F2N2O3S2/c1-3-12-4-6-14-16(8-12)30-20(25-14)10-18(27)22(23,24)19(28)11-21-26-15-7-5-13(29-2)9-17(15)31-21/h4-11,27-28H,3H2,1-2H3. The zero-order chi connectivity index (χ0) is 22.2. The minimum absolute atomic E-state index is 0.181. The van der Waals surface area contributed by atoms with Crippen molar-refractivity contribution in [2.45, 2.75) is 19.3 Å². The molecule has 0 bridgehead atoms. The van der Waals surface area contributed by atoms with E-state index in [1.54, 1.807) is 18.2 Å². The average molecular weight is 461 g/mol. The number of alkyl halides is 2. The SMILES string of the molecule is CCc1ccc2nc(C=C(O)C(F)(F)C(O)=Cc3nc4ccc(OC)cc4s3)sc2c1. The molecular weight excluding hydrogens is 442 g/mol. The van der Waals surface area contributed by atoms with E-state index < -0.39 is 17.4 Å². The number of rotatable bonds is 6. The number of methoxy groups -OCH3 is 1. The summed E-state index contributed by atoms with van der Waals surface area (Å²) < 4.78 is 36.0. The van der Waals surface area contributed by atoms with Gasteiger partial charge in [-0.05, 0) is 42.3 Å². The van der Waals surface area contributed by atoms with E-state index in [1.807, 2.05) is 25.1 Å². The molecule has 0 fully saturated rings. The fourth-order valence-corrected chi connectivity index (χ4v) is 4.83. The van der Waals surface area contributed by atoms with Gasteiger partial charge in [-0.3, -0.25) is 0 Å². The van der Waals surface area contributed by atoms with Gasteiger partial charge < -0.3 is 14.9 Å². The molecular formula is C22H18F2N2O3S2. The van der Waals surface area contributed by atoms with Gasteiger partial charge in [0.25, 0.3) is 0 Å². The number of aromatic nitrogens is 2. The highest BCUT2D eigenvalue weighted by atomic mass is 32.1. The molecule has 9 heteroatoms. The van der Waals surface area contributed by atoms with E-state index in [0.29, 0.717) is 16.8 Å². The van der Waals surface area contributed by atoms with Crippen LogP contribution in [0.2, 0.25) is 0 Å². The molecule has 2 heterocycles. The summed E-state index contributed by atoms with van der Waals surface area (Å²) >= 11 is 2.31. The molecule has 2 aromatic carbocycles. The van der Waals surface area contributed by atoms with Crippen molar-refractivity contribution in [3.05, 3.63) is 63.5 Å². The summed E-state index contributed by atoms with van der Waals surface area (Å²) in [6.45, 7) is 2.02. The number of benzene rings is 2. The third-order valence-electron chi connectivity index (χ3n) is 4.65. The number of fused-ring (bicyclic) bond motifs is 2. The first-order chi connectivity index (χ1) is 14.8. The molecule has 160 valence electrons. The largest absolute Gasteiger partial charge is 0.506 e. The first-order valence-electron chi connectivity index (χ1n) is 9.34. The fourth-order valence-electron chi connectivity index (χ4n) is 2.93. The Morgan fingerprint density at radius 3 is 2.06 bits per heavy atom. The van der Waals surface area contributed by atoms with E-state index in [4.69, 9.17) is 4.74 Å². The predicted octanol–water partition coefficient (Wildman–Crippen LogP) is 6.61. The van der Waals surface area contributed by atoms with E-state index >= 15 is 0 Å². The highest BCUT2D eigenvalue weighted by Crippen LogP contribution is 2.35. The van der Waals surface area contributed by atoms with Gasteiger partial charge in [0.05, 0.1) is 27.5 Å². The molecule has 2 aromatic heterocycles. The van der Waals surface area contributed by atoms with E-state index in [9.17, 15) is 19.0 Å². The minimum atomic E-state index is -3.98. The number of aryl methyl sites for hydroxylation is 1. The van der Waals surface area contributed by atoms with Gasteiger partial charge in [-0.15, -0.1) is 22.7 Å². The van der Waals surface area contributed by atoms with Gasteiger partial charge in [-0.25, -0.2) is 9.97 Å². The van der Waals surface area contributed by atoms with Crippen molar-refractivity contribution in [1.29, 1.82) is 0 Å². The topological polar surface area (TPSA) is 75.5 Å². The third kappa shape index (κ3) is 4.24. The van der Waals surface area contributed by atoms with E-state index in [1.165, 1.54) is 18.4 Å². The fraction of sp³-hybridized carbons (Fsp3) is 0.182. The van der Waals surface area contributed by atoms with E-state index in [0.717, 1.165) is 44.9 Å². The van der Waals surface area contributed by atoms with Crippen LogP contribution in [0.25, 0.3) is 32.6 Å². The Bertz CT molecular complexity index is 1230. The van der Waals surface area contributed by atoms with Crippen LogP contribution < -0.4 is 4.74 Å². The normalized spacial score (nSPS) is 13.3. The Labute approximate surface area is 184 Å². The zero-order valence-corrected chi connectivity index (χ0v) is 18.2. The minimum Gasteiger partial charge on any atom is -0.506 e. The summed E-state index contributed by atoms with van der Waals surface area (Å²) in [5.41, 5.74) is 2.36. The Morgan fingerprint density at radius 1 is 0.968 bits per heavy atom. The summed E-state index contributed by atoms with van der Waals surface area (Å²) in [5, 5.41) is 20.5. The van der Waals surface area contributed by atoms with Crippen molar-refractivity contribution in [2.24, 2.45) is 0 Å². The second-order valence-corrected chi connectivity index (χ2v) is 8.85. The Morgan fingerprint density at radius 2 is 1.52 bits per heavy atom. The molecule has 0 aliphatic heterocycles. The van der Waals surface area contributed by atoms with Crippen molar-refractivity contribution < 1.29 is 23.7 Å². The molecule has 4 aromatic rings. The first kappa shape index (κ1) is 21.2. The van der Waals surface area contributed by atoms with Crippen molar-refractivity contribution in [1.82, 2.24) is 9.97 Å². The van der Waals surface area contributed by atoms with Gasteiger partial charge in [0.15, 0.2) is 11.5 Å². The summed E-state index contributed by atoms with van der Waals surface area (Å²) in [5.74, 6) is -5.97. The maximum Gasteiger partial charge on any atom is 0.359 e. The number of ether oxygens (including phenoxy) is 1. The Kier molecular flexibility index (Phi) is 5.63. The Hall–Kier alpha value is -3.04. The van der Waals surface area contributed by atoms with Crippen LogP contribution in [0.4, 0.5) is 8.78 Å². The molecule has 4 rings (SSSR count). The van der Waals surface area contributed by atoms with Crippen LogP contribution in [-0.4, -0.2) is 33.2 Å². The highest BCUT2D eigenvalue weighted by molar-refractivity contribution is 7.19. The third-order valence-corrected chi connectivity index (χ3v) is 6.58. The van der Waals surface area contributed by atoms with Crippen LogP contribution in [0.3, 0.4) is 0 Å². The van der Waals surface area contributed by atoms with Crippen LogP contribution in [0, 0.1) is 0 Å². The zero-order valence-electron chi connectivity index (χ0n) is 16.6. The molecule has 0 radical (unpaired) electrons. The molecule has 2 N–H and O–H groups in total. The number of hydrogen-bond donors (Lipinski definition) is 2. The first-order valence-corrected chi connectivity index (χ1v) is 11.0. The number of thiazole rings is 2. The lowest BCUT2D eigenvalue weighted by molar-refractivity contribution is 0.00242. The van der Waals surface area contributed by atoms with Crippen molar-refractivity contribution >= 4 is 55.3 Å². The summed E-state index contributed by atoms with van der Waals surface area (Å²) in [4.78, 5) is 8.47. The lowest BCUT2D eigenvalue weighted by Crippen LogP contribution is -2.22. The van der Waals surface area contributed by atoms with Gasteiger partial charge in [0, 0.05) is 12.2 Å². The average Bonchev–Trinajstić information content (AvgIpc) is 3.34. The molecule has 5 nitrogen and oxygen atoms in total. The number of aliphatic hydroxyl groups is 2. The molecule has 0 unspecified atom stereocenters. The molecule has 31 heavy (non-hydrogen) atoms. The smallest absolute Gasteiger partial charge is 0.359 e. The van der Waals surface area contributed by atoms with Crippen LogP contribution in [0.15, 0.2) is 47.9 Å². The molecule has 0 aliphatic carbocycles. The van der Waals surface area contributed by atoms with Gasteiger partial charge in [0.2, 0.25) is 0 Å². The summed E-state index contributed by atoms with van der Waals surface area (Å²) in [7, 11) is 1.53. The lowest BCUT2D eigenvalue weighted by Gasteiger charge is -2.14. The summed E-state index contributed by atoms with van der Waals surface area (Å²) in [6, 6.07) is 10.8. The van der Waals surface area contributed by atoms with Crippen molar-refractivity contribution in [3.8, 4) is 5.75 Å². The van der Waals surface area contributed by atoms with Crippen molar-refractivity contribution in [3.63, 3.8) is 0 Å². The van der Waals surface area contributed by atoms with Gasteiger partial charge in [-0.2, -0.15) is 8.78 Å². The summed E-state index contributed by atoms with van der Waals surface area (Å²) in [6.07, 6.45) is 2.58. The molecule has 0 atom stereocenters. The second-order valence-electron chi connectivity index (χ2n) is 6.73. The van der Waals surface area contributed by atoms with Gasteiger partial charge >= 0.3 is 5.92 Å². The molecule has 0 spiro atoms. The second kappa shape index (κ2) is 8.24. The maximum atomic E-state index is 14.6. The van der Waals surface area contributed by atoms with E-state index in [2.05, 4.69) is 9.97 Å². The van der Waals surface area contributed by atoms with Crippen molar-refractivity contribution in [2.75, 3.05) is 7.11 Å². The molecule has 0 aliphatic rings. The Balaban J connectivity index is 1.63. The van der Waals surface area contributed by atoms with Gasteiger partial charge in [-0.1, -0.05) is 13.0 Å². The van der Waals surface area contributed by atoms with Crippen LogP contribution in [0.5, 0.6) is 5.75 Å². The monoisotopic (exact) mass is 460 g/mol. The quantitative estimate of drug-likeness (QED) is 0.317. The van der Waals surface area contributed by atoms with Crippen LogP contribution in [-0.2, 0) is 6.42 Å². The van der Waals surface area contributed by atoms with E-state index in [-0.39, 0.29) is 10.0 Å². The highest BCUT2D eigenvalue weighted by Gasteiger charge is 2.40. The molecule has 0 amide bonds. The molecule has 0 saturated heterocycles. The van der Waals surface area contributed by atoms with Crippen LogP contribution in [0.1, 0.15) is 22.5 Å². The molecule has 0 saturated carbocycles.